The molecule has 1 amide bonds. The Morgan fingerprint density at radius 2 is 1.90 bits per heavy atom. The van der Waals surface area contributed by atoms with E-state index in [0.717, 1.165) is 18.4 Å². The highest BCUT2D eigenvalue weighted by molar-refractivity contribution is 5.95. The SMILES string of the molecule is CC(C)C(C)(CN)NC(=O)c1ccc2c(c1)CCCC2.Cl. The fourth-order valence-electron chi connectivity index (χ4n) is 2.64. The third kappa shape index (κ3) is 3.98. The standard InChI is InChI=1S/C17H26N2O.ClH/c1-12(2)17(3,11-18)19-16(20)15-9-8-13-6-4-5-7-14(13)10-15;/h8-10,12H,4-7,11,18H2,1-3H3,(H,19,20);1H. The van der Waals surface area contributed by atoms with Gasteiger partial charge in [0.2, 0.25) is 0 Å². The van der Waals surface area contributed by atoms with E-state index in [-0.39, 0.29) is 23.9 Å². The molecule has 4 heteroatoms. The van der Waals surface area contributed by atoms with E-state index < -0.39 is 0 Å². The number of amides is 1. The molecule has 0 aliphatic heterocycles. The van der Waals surface area contributed by atoms with E-state index in [1.807, 2.05) is 13.0 Å². The fourth-order valence-corrected chi connectivity index (χ4v) is 2.64. The summed E-state index contributed by atoms with van der Waals surface area (Å²) in [4.78, 5) is 12.4. The third-order valence-corrected chi connectivity index (χ3v) is 4.71. The van der Waals surface area contributed by atoms with E-state index in [0.29, 0.717) is 12.5 Å². The molecule has 1 atom stereocenters. The van der Waals surface area contributed by atoms with Gasteiger partial charge in [0.05, 0.1) is 5.54 Å². The smallest absolute Gasteiger partial charge is 0.251 e. The highest BCUT2D eigenvalue weighted by Gasteiger charge is 2.29. The number of carbonyl (C=O) groups excluding carboxylic acids is 1. The second kappa shape index (κ2) is 7.28. The van der Waals surface area contributed by atoms with Crippen LogP contribution in [-0.2, 0) is 12.8 Å². The van der Waals surface area contributed by atoms with E-state index in [1.165, 1.54) is 24.0 Å². The topological polar surface area (TPSA) is 55.1 Å². The molecule has 3 N–H and O–H groups in total. The van der Waals surface area contributed by atoms with Crippen LogP contribution in [0.15, 0.2) is 18.2 Å². The zero-order valence-electron chi connectivity index (χ0n) is 13.2. The minimum atomic E-state index is -0.354. The van der Waals surface area contributed by atoms with Crippen molar-refractivity contribution < 1.29 is 4.79 Å². The average molecular weight is 311 g/mol. The van der Waals surface area contributed by atoms with Gasteiger partial charge in [-0.15, -0.1) is 12.4 Å². The number of halogens is 1. The van der Waals surface area contributed by atoms with Crippen LogP contribution in [-0.4, -0.2) is 18.0 Å². The molecule has 0 saturated heterocycles. The fraction of sp³-hybridized carbons (Fsp3) is 0.588. The Kier molecular flexibility index (Phi) is 6.24. The van der Waals surface area contributed by atoms with Gasteiger partial charge in [-0.1, -0.05) is 19.9 Å². The van der Waals surface area contributed by atoms with Gasteiger partial charge >= 0.3 is 0 Å². The Bertz CT molecular complexity index is 502. The van der Waals surface area contributed by atoms with E-state index >= 15 is 0 Å². The second-order valence-corrected chi connectivity index (χ2v) is 6.42. The summed E-state index contributed by atoms with van der Waals surface area (Å²) < 4.78 is 0. The van der Waals surface area contributed by atoms with Crippen LogP contribution in [0.2, 0.25) is 0 Å². The highest BCUT2D eigenvalue weighted by Crippen LogP contribution is 2.23. The average Bonchev–Trinajstić information content (AvgIpc) is 2.46. The molecule has 118 valence electrons. The van der Waals surface area contributed by atoms with E-state index in [9.17, 15) is 4.79 Å². The summed E-state index contributed by atoms with van der Waals surface area (Å²) >= 11 is 0. The van der Waals surface area contributed by atoms with Crippen molar-refractivity contribution in [2.45, 2.75) is 52.0 Å². The van der Waals surface area contributed by atoms with Crippen molar-refractivity contribution in [3.05, 3.63) is 34.9 Å². The molecule has 1 aliphatic carbocycles. The molecule has 3 nitrogen and oxygen atoms in total. The van der Waals surface area contributed by atoms with Crippen LogP contribution >= 0.6 is 12.4 Å². The number of nitrogens with one attached hydrogen (secondary N) is 1. The Labute approximate surface area is 134 Å². The molecule has 2 rings (SSSR count). The van der Waals surface area contributed by atoms with Crippen molar-refractivity contribution in [1.29, 1.82) is 0 Å². The Morgan fingerprint density at radius 1 is 1.29 bits per heavy atom. The predicted octanol–water partition coefficient (Wildman–Crippen LogP) is 3.09. The number of benzene rings is 1. The number of nitrogens with two attached hydrogens (primary N) is 1. The zero-order chi connectivity index (χ0) is 14.8. The normalized spacial score (nSPS) is 16.6. The van der Waals surface area contributed by atoms with Gasteiger partial charge in [-0.05, 0) is 61.8 Å². The molecule has 1 aromatic rings. The van der Waals surface area contributed by atoms with E-state index in [1.54, 1.807) is 0 Å². The maximum atomic E-state index is 12.4. The molecule has 0 bridgehead atoms. The van der Waals surface area contributed by atoms with Crippen molar-refractivity contribution >= 4 is 18.3 Å². The molecule has 0 saturated carbocycles. The van der Waals surface area contributed by atoms with Gasteiger partial charge in [0.1, 0.15) is 0 Å². The van der Waals surface area contributed by atoms with Crippen LogP contribution in [0.3, 0.4) is 0 Å². The van der Waals surface area contributed by atoms with E-state index in [2.05, 4.69) is 31.3 Å². The van der Waals surface area contributed by atoms with Gasteiger partial charge in [0.25, 0.3) is 5.91 Å². The van der Waals surface area contributed by atoms with Crippen molar-refractivity contribution in [1.82, 2.24) is 5.32 Å². The summed E-state index contributed by atoms with van der Waals surface area (Å²) in [5.74, 6) is 0.286. The summed E-state index contributed by atoms with van der Waals surface area (Å²) in [6.07, 6.45) is 4.72. The van der Waals surface area contributed by atoms with Gasteiger partial charge in [0.15, 0.2) is 0 Å². The zero-order valence-corrected chi connectivity index (χ0v) is 14.1. The molecule has 1 aliphatic rings. The largest absolute Gasteiger partial charge is 0.345 e. The monoisotopic (exact) mass is 310 g/mol. The molecule has 0 heterocycles. The number of rotatable bonds is 4. The van der Waals surface area contributed by atoms with Crippen LogP contribution in [0.1, 0.15) is 55.1 Å². The lowest BCUT2D eigenvalue weighted by atomic mass is 9.87. The van der Waals surface area contributed by atoms with Crippen LogP contribution in [0, 0.1) is 5.92 Å². The number of carbonyl (C=O) groups is 1. The van der Waals surface area contributed by atoms with E-state index in [4.69, 9.17) is 5.73 Å². The number of hydrogen-bond acceptors (Lipinski definition) is 2. The maximum Gasteiger partial charge on any atom is 0.251 e. The Morgan fingerprint density at radius 3 is 2.48 bits per heavy atom. The Balaban J connectivity index is 0.00000220. The number of fused-ring (bicyclic) bond motifs is 1. The lowest BCUT2D eigenvalue weighted by Gasteiger charge is -2.33. The number of hydrogen-bond donors (Lipinski definition) is 2. The summed E-state index contributed by atoms with van der Waals surface area (Å²) in [7, 11) is 0. The highest BCUT2D eigenvalue weighted by atomic mass is 35.5. The quantitative estimate of drug-likeness (QED) is 0.898. The minimum Gasteiger partial charge on any atom is -0.345 e. The van der Waals surface area contributed by atoms with Crippen molar-refractivity contribution in [2.24, 2.45) is 11.7 Å². The van der Waals surface area contributed by atoms with Gasteiger partial charge in [-0.2, -0.15) is 0 Å². The van der Waals surface area contributed by atoms with Crippen LogP contribution in [0.5, 0.6) is 0 Å². The molecule has 0 fully saturated rings. The predicted molar refractivity (Wildman–Crippen MR) is 90.1 cm³/mol. The van der Waals surface area contributed by atoms with Gasteiger partial charge < -0.3 is 11.1 Å². The summed E-state index contributed by atoms with van der Waals surface area (Å²) in [5.41, 5.74) is 8.97. The first kappa shape index (κ1) is 18.0. The molecule has 1 aromatic carbocycles. The van der Waals surface area contributed by atoms with Crippen molar-refractivity contribution in [3.63, 3.8) is 0 Å². The van der Waals surface area contributed by atoms with Gasteiger partial charge in [-0.3, -0.25) is 4.79 Å². The molecule has 0 radical (unpaired) electrons. The summed E-state index contributed by atoms with van der Waals surface area (Å²) in [6, 6.07) is 6.11. The lowest BCUT2D eigenvalue weighted by Crippen LogP contribution is -2.55. The molecule has 0 aromatic heterocycles. The second-order valence-electron chi connectivity index (χ2n) is 6.42. The van der Waals surface area contributed by atoms with Gasteiger partial charge in [-0.25, -0.2) is 0 Å². The van der Waals surface area contributed by atoms with Crippen LogP contribution in [0.4, 0.5) is 0 Å². The first-order valence-corrected chi connectivity index (χ1v) is 7.60. The first-order valence-electron chi connectivity index (χ1n) is 7.60. The van der Waals surface area contributed by atoms with Crippen LogP contribution < -0.4 is 11.1 Å². The van der Waals surface area contributed by atoms with Crippen molar-refractivity contribution in [2.75, 3.05) is 6.54 Å². The summed E-state index contributed by atoms with van der Waals surface area (Å²) in [5, 5.41) is 3.10. The number of aryl methyl sites for hydroxylation is 2. The molecule has 1 unspecified atom stereocenters. The third-order valence-electron chi connectivity index (χ3n) is 4.71. The maximum absolute atomic E-state index is 12.4. The van der Waals surface area contributed by atoms with Gasteiger partial charge in [0, 0.05) is 12.1 Å². The Hall–Kier alpha value is -1.06. The molecular weight excluding hydrogens is 284 g/mol. The molecular formula is C17H27ClN2O. The molecule has 21 heavy (non-hydrogen) atoms. The first-order chi connectivity index (χ1) is 9.46. The lowest BCUT2D eigenvalue weighted by molar-refractivity contribution is 0.0883. The molecule has 0 spiro atoms. The summed E-state index contributed by atoms with van der Waals surface area (Å²) in [6.45, 7) is 6.62. The minimum absolute atomic E-state index is 0. The van der Waals surface area contributed by atoms with Crippen LogP contribution in [0.25, 0.3) is 0 Å². The van der Waals surface area contributed by atoms with Crippen molar-refractivity contribution in [3.8, 4) is 0 Å².